The zero-order valence-electron chi connectivity index (χ0n) is 17.9. The molecule has 0 aromatic carbocycles. The minimum Gasteiger partial charge on any atom is -0.464 e. The van der Waals surface area contributed by atoms with E-state index in [2.05, 4.69) is 13.1 Å². The van der Waals surface area contributed by atoms with E-state index in [0.29, 0.717) is 6.92 Å². The maximum atomic E-state index is 14.0. The number of alkyl halides is 9. The molecule has 0 bridgehead atoms. The van der Waals surface area contributed by atoms with E-state index in [9.17, 15) is 39.5 Å². The standard InChI is InChI=1S/C9H19F9O2Si4.C3H10OSi2/c1-5(24(4,19-21)22-20-23(2)3)6(10,11)7(12,13)8(14,15)9(16,17)18;1-3-6(2)4-5/h5,23H,22H2,1-4,21H3;3,6H,1H2,2,5H3. The average Bonchev–Trinajstić information content (AvgIpc) is 2.63. The molecule has 3 nitrogen and oxygen atoms in total. The molecule has 30 heavy (non-hydrogen) atoms. The van der Waals surface area contributed by atoms with Gasteiger partial charge >= 0.3 is 23.9 Å². The first kappa shape index (κ1) is 32.5. The van der Waals surface area contributed by atoms with Crippen LogP contribution in [0.4, 0.5) is 39.5 Å². The van der Waals surface area contributed by atoms with Crippen molar-refractivity contribution in [2.75, 3.05) is 0 Å². The van der Waals surface area contributed by atoms with E-state index in [0.717, 1.165) is 17.0 Å². The molecule has 0 fully saturated rings. The van der Waals surface area contributed by atoms with Crippen LogP contribution >= 0.6 is 0 Å². The Kier molecular flexibility index (Phi) is 12.9. The van der Waals surface area contributed by atoms with Gasteiger partial charge in [0.15, 0.2) is 35.2 Å². The third kappa shape index (κ3) is 7.71. The molecule has 0 radical (unpaired) electrons. The zero-order valence-corrected chi connectivity index (χ0v) is 26.6. The summed E-state index contributed by atoms with van der Waals surface area (Å²) in [5.41, 5.74) is -0.544. The Hall–Kier alpha value is 0.291. The number of rotatable bonds is 10. The van der Waals surface area contributed by atoms with Gasteiger partial charge in [-0.05, 0) is 26.2 Å². The number of halogens is 9. The van der Waals surface area contributed by atoms with Gasteiger partial charge in [0.25, 0.3) is 0 Å². The summed E-state index contributed by atoms with van der Waals surface area (Å²) in [6, 6.07) is 0. The van der Waals surface area contributed by atoms with E-state index in [4.69, 9.17) is 12.3 Å². The maximum Gasteiger partial charge on any atom is 0.460 e. The molecule has 0 aliphatic carbocycles. The molecule has 0 aliphatic rings. The Morgan fingerprint density at radius 1 is 0.967 bits per heavy atom. The van der Waals surface area contributed by atoms with Gasteiger partial charge in [-0.3, -0.25) is 0 Å². The van der Waals surface area contributed by atoms with Crippen LogP contribution in [0.25, 0.3) is 0 Å². The van der Waals surface area contributed by atoms with Crippen molar-refractivity contribution in [3.63, 3.8) is 0 Å². The van der Waals surface area contributed by atoms with Gasteiger partial charge in [-0.25, -0.2) is 0 Å². The van der Waals surface area contributed by atoms with Crippen molar-refractivity contribution < 1.29 is 51.9 Å². The predicted molar refractivity (Wildman–Crippen MR) is 116 cm³/mol. The van der Waals surface area contributed by atoms with Crippen molar-refractivity contribution in [2.24, 2.45) is 0 Å². The Bertz CT molecular complexity index is 538. The lowest BCUT2D eigenvalue weighted by Gasteiger charge is -2.42. The summed E-state index contributed by atoms with van der Waals surface area (Å²) < 4.78 is 133. The van der Waals surface area contributed by atoms with E-state index in [1.165, 1.54) is 0 Å². The summed E-state index contributed by atoms with van der Waals surface area (Å²) in [7, 11) is -7.42. The topological polar surface area (TPSA) is 27.7 Å². The molecule has 0 rings (SSSR count). The molecule has 0 aromatic rings. The molecule has 0 saturated carbocycles. The molecule has 3 unspecified atom stereocenters. The molecule has 0 amide bonds. The van der Waals surface area contributed by atoms with Crippen molar-refractivity contribution in [2.45, 2.75) is 62.6 Å². The second-order valence-corrected chi connectivity index (χ2v) is 24.7. The quantitative estimate of drug-likeness (QED) is 0.301. The first-order valence-electron chi connectivity index (χ1n) is 8.71. The van der Waals surface area contributed by atoms with Crippen molar-refractivity contribution >= 4 is 56.2 Å². The highest BCUT2D eigenvalue weighted by atomic mass is 29.2. The van der Waals surface area contributed by atoms with Crippen LogP contribution in [0.15, 0.2) is 12.3 Å². The van der Waals surface area contributed by atoms with Gasteiger partial charge in [0.1, 0.15) is 21.0 Å². The lowest BCUT2D eigenvalue weighted by atomic mass is 10.0. The maximum absolute atomic E-state index is 14.0. The van der Waals surface area contributed by atoms with E-state index in [-0.39, 0.29) is 10.5 Å². The molecular weight excluding hydrogens is 532 g/mol. The van der Waals surface area contributed by atoms with Crippen molar-refractivity contribution in [1.82, 2.24) is 0 Å². The highest BCUT2D eigenvalue weighted by molar-refractivity contribution is 7.21. The predicted octanol–water partition coefficient (Wildman–Crippen LogP) is 1.66. The molecule has 0 saturated heterocycles. The van der Waals surface area contributed by atoms with Crippen LogP contribution in [0, 0.1) is 0 Å². The Balaban J connectivity index is 0. The van der Waals surface area contributed by atoms with Gasteiger partial charge in [-0.2, -0.15) is 39.5 Å². The van der Waals surface area contributed by atoms with Gasteiger partial charge in [0.05, 0.1) is 0 Å². The smallest absolute Gasteiger partial charge is 0.460 e. The van der Waals surface area contributed by atoms with Crippen molar-refractivity contribution in [3.05, 3.63) is 12.3 Å². The number of hydrogen-bond acceptors (Lipinski definition) is 3. The lowest BCUT2D eigenvalue weighted by Crippen LogP contribution is -2.66. The first-order chi connectivity index (χ1) is 13.2. The lowest BCUT2D eigenvalue weighted by molar-refractivity contribution is -0.396. The summed E-state index contributed by atoms with van der Waals surface area (Å²) in [5, 5.41) is 0. The summed E-state index contributed by atoms with van der Waals surface area (Å²) in [5.74, 6) is -19.1. The molecule has 0 aromatic heterocycles. The Morgan fingerprint density at radius 3 is 1.63 bits per heavy atom. The van der Waals surface area contributed by atoms with Crippen LogP contribution in [-0.4, -0.2) is 80.1 Å². The summed E-state index contributed by atoms with van der Waals surface area (Å²) in [6.45, 7) is 10.7. The van der Waals surface area contributed by atoms with Crippen LogP contribution < -0.4 is 0 Å². The summed E-state index contributed by atoms with van der Waals surface area (Å²) in [6.07, 6.45) is -6.81. The summed E-state index contributed by atoms with van der Waals surface area (Å²) in [4.78, 5) is 0. The Morgan fingerprint density at radius 2 is 1.40 bits per heavy atom. The average molecular weight is 561 g/mol. The second kappa shape index (κ2) is 12.0. The number of hydrogen-bond donors (Lipinski definition) is 0. The van der Waals surface area contributed by atoms with Crippen molar-refractivity contribution in [3.8, 4) is 0 Å². The van der Waals surface area contributed by atoms with Crippen LogP contribution in [-0.2, 0) is 12.3 Å². The second-order valence-electron chi connectivity index (χ2n) is 7.04. The molecule has 182 valence electrons. The van der Waals surface area contributed by atoms with Crippen molar-refractivity contribution in [1.29, 1.82) is 0 Å². The van der Waals surface area contributed by atoms with Crippen LogP contribution in [0.3, 0.4) is 0 Å². The first-order valence-corrected chi connectivity index (χ1v) is 20.8. The molecule has 0 aliphatic heterocycles. The van der Waals surface area contributed by atoms with Crippen LogP contribution in [0.2, 0.25) is 31.7 Å². The van der Waals surface area contributed by atoms with Gasteiger partial charge < -0.3 is 12.3 Å². The van der Waals surface area contributed by atoms with E-state index >= 15 is 0 Å². The minimum atomic E-state index is -6.87. The molecule has 3 atom stereocenters. The molecule has 0 spiro atoms. The van der Waals surface area contributed by atoms with E-state index in [1.54, 1.807) is 13.1 Å². The van der Waals surface area contributed by atoms with Gasteiger partial charge in [-0.15, -0.1) is 6.58 Å². The van der Waals surface area contributed by atoms with Crippen LogP contribution in [0.1, 0.15) is 6.92 Å². The third-order valence-corrected chi connectivity index (χ3v) is 25.6. The van der Waals surface area contributed by atoms with Gasteiger partial charge in [0.2, 0.25) is 0 Å². The zero-order chi connectivity index (χ0) is 24.8. The fourth-order valence-electron chi connectivity index (χ4n) is 1.83. The molecular formula is C12H29F9O3Si6. The normalized spacial score (nSPS) is 18.2. The fraction of sp³-hybridized carbons (Fsp3) is 0.833. The van der Waals surface area contributed by atoms with Crippen LogP contribution in [0.5, 0.6) is 0 Å². The fourth-order valence-corrected chi connectivity index (χ4v) is 16.9. The molecule has 18 heteroatoms. The largest absolute Gasteiger partial charge is 0.464 e. The third-order valence-electron chi connectivity index (χ3n) is 4.50. The highest BCUT2D eigenvalue weighted by Gasteiger charge is 2.83. The minimum absolute atomic E-state index is 0.150. The highest BCUT2D eigenvalue weighted by Crippen LogP contribution is 2.57. The van der Waals surface area contributed by atoms with E-state index < -0.39 is 64.7 Å². The van der Waals surface area contributed by atoms with Gasteiger partial charge in [-0.1, -0.05) is 12.6 Å². The summed E-state index contributed by atoms with van der Waals surface area (Å²) >= 11 is 0. The monoisotopic (exact) mass is 560 g/mol. The molecule has 0 N–H and O–H groups in total. The Labute approximate surface area is 183 Å². The molecule has 0 heterocycles. The van der Waals surface area contributed by atoms with Gasteiger partial charge in [0, 0.05) is 5.54 Å². The van der Waals surface area contributed by atoms with E-state index in [1.807, 2.05) is 5.70 Å². The SMILES string of the molecule is C=C[SiH](C)O[SiH3].CC(C(F)(F)C(F)(F)C(F)(F)C(F)(F)F)[Si](C)(O[SiH3])[SiH2]O[SiH](C)C.